The van der Waals surface area contributed by atoms with Crippen LogP contribution in [0.1, 0.15) is 36.1 Å². The van der Waals surface area contributed by atoms with Crippen molar-refractivity contribution in [1.82, 2.24) is 29.9 Å². The monoisotopic (exact) mass is 366 g/mol. The van der Waals surface area contributed by atoms with Crippen molar-refractivity contribution < 1.29 is 4.79 Å². The van der Waals surface area contributed by atoms with Crippen LogP contribution in [-0.2, 0) is 11.3 Å². The summed E-state index contributed by atoms with van der Waals surface area (Å²) >= 11 is 0. The average molecular weight is 366 g/mol. The van der Waals surface area contributed by atoms with Gasteiger partial charge in [-0.25, -0.2) is 9.67 Å². The van der Waals surface area contributed by atoms with Crippen LogP contribution >= 0.6 is 0 Å². The van der Waals surface area contributed by atoms with E-state index in [1.54, 1.807) is 11.0 Å². The first kappa shape index (κ1) is 17.4. The number of aryl methyl sites for hydroxylation is 2. The number of piperidine rings is 1. The van der Waals surface area contributed by atoms with Crippen LogP contribution in [0.3, 0.4) is 0 Å². The molecule has 1 amide bonds. The Morgan fingerprint density at radius 1 is 1.26 bits per heavy atom. The Bertz CT molecular complexity index is 1050. The fourth-order valence-electron chi connectivity index (χ4n) is 3.70. The molecule has 4 rings (SSSR count). The predicted octanol–water partition coefficient (Wildman–Crippen LogP) is 1.54. The highest BCUT2D eigenvalue weighted by atomic mass is 16.2. The van der Waals surface area contributed by atoms with Gasteiger partial charge < -0.3 is 4.90 Å². The summed E-state index contributed by atoms with van der Waals surface area (Å²) in [5.41, 5.74) is 0.508. The lowest BCUT2D eigenvalue weighted by atomic mass is 9.97. The third kappa shape index (κ3) is 3.34. The molecular weight excluding hydrogens is 344 g/mol. The first-order chi connectivity index (χ1) is 13.0. The number of aromatic nitrogens is 5. The zero-order valence-electron chi connectivity index (χ0n) is 15.5. The largest absolute Gasteiger partial charge is 0.340 e. The van der Waals surface area contributed by atoms with Crippen LogP contribution in [0.2, 0.25) is 0 Å². The van der Waals surface area contributed by atoms with Crippen LogP contribution < -0.4 is 5.56 Å². The van der Waals surface area contributed by atoms with E-state index in [9.17, 15) is 9.59 Å². The molecule has 3 aromatic rings. The molecule has 2 aromatic heterocycles. The van der Waals surface area contributed by atoms with Gasteiger partial charge in [-0.3, -0.25) is 14.7 Å². The third-order valence-electron chi connectivity index (χ3n) is 5.09. The van der Waals surface area contributed by atoms with Crippen molar-refractivity contribution in [3.05, 3.63) is 52.0 Å². The first-order valence-corrected chi connectivity index (χ1v) is 9.16. The number of hydrogen-bond donors (Lipinski definition) is 1. The number of carbonyl (C=O) groups is 1. The van der Waals surface area contributed by atoms with Gasteiger partial charge in [0.05, 0.1) is 11.1 Å². The van der Waals surface area contributed by atoms with Crippen molar-refractivity contribution in [2.45, 2.75) is 39.2 Å². The number of hydrogen-bond acceptors (Lipinski definition) is 5. The van der Waals surface area contributed by atoms with Crippen molar-refractivity contribution in [3.63, 3.8) is 0 Å². The first-order valence-electron chi connectivity index (χ1n) is 9.16. The smallest absolute Gasteiger partial charge is 0.275 e. The molecule has 0 bridgehead atoms. The number of rotatable bonds is 3. The van der Waals surface area contributed by atoms with Crippen LogP contribution in [0.15, 0.2) is 29.1 Å². The van der Waals surface area contributed by atoms with Crippen molar-refractivity contribution in [3.8, 4) is 0 Å². The maximum absolute atomic E-state index is 12.8. The Balaban J connectivity index is 1.54. The highest BCUT2D eigenvalue weighted by Gasteiger charge is 2.27. The SMILES string of the molecule is Cc1nc([C@H]2CCCN(C(=O)Cn3nc(C)c4ccccc4c3=O)C2)n[nH]1. The molecule has 0 radical (unpaired) electrons. The van der Waals surface area contributed by atoms with E-state index in [1.165, 1.54) is 4.68 Å². The second kappa shape index (κ2) is 6.94. The van der Waals surface area contributed by atoms with Crippen LogP contribution in [-0.4, -0.2) is 48.9 Å². The Hall–Kier alpha value is -3.03. The maximum Gasteiger partial charge on any atom is 0.275 e. The molecule has 1 aromatic carbocycles. The molecule has 0 saturated carbocycles. The van der Waals surface area contributed by atoms with E-state index in [1.807, 2.05) is 32.0 Å². The van der Waals surface area contributed by atoms with E-state index in [4.69, 9.17) is 0 Å². The Morgan fingerprint density at radius 2 is 2.04 bits per heavy atom. The quantitative estimate of drug-likeness (QED) is 0.758. The van der Waals surface area contributed by atoms with Crippen molar-refractivity contribution >= 4 is 16.7 Å². The number of carbonyl (C=O) groups excluding carboxylic acids is 1. The summed E-state index contributed by atoms with van der Waals surface area (Å²) in [5.74, 6) is 1.55. The second-order valence-corrected chi connectivity index (χ2v) is 7.05. The molecule has 1 aliphatic rings. The van der Waals surface area contributed by atoms with Gasteiger partial charge in [-0.1, -0.05) is 18.2 Å². The highest BCUT2D eigenvalue weighted by molar-refractivity contribution is 5.83. The van der Waals surface area contributed by atoms with Gasteiger partial charge in [-0.05, 0) is 32.8 Å². The average Bonchev–Trinajstić information content (AvgIpc) is 3.12. The summed E-state index contributed by atoms with van der Waals surface area (Å²) in [6.07, 6.45) is 1.84. The van der Waals surface area contributed by atoms with Crippen molar-refractivity contribution in [2.75, 3.05) is 13.1 Å². The summed E-state index contributed by atoms with van der Waals surface area (Å²) in [6, 6.07) is 7.35. The van der Waals surface area contributed by atoms with Gasteiger partial charge in [0.2, 0.25) is 5.91 Å². The van der Waals surface area contributed by atoms with Gasteiger partial charge in [-0.15, -0.1) is 0 Å². The molecule has 8 heteroatoms. The fraction of sp³-hybridized carbons (Fsp3) is 0.421. The zero-order valence-corrected chi connectivity index (χ0v) is 15.5. The highest BCUT2D eigenvalue weighted by Crippen LogP contribution is 2.24. The molecule has 1 N–H and O–H groups in total. The van der Waals surface area contributed by atoms with Gasteiger partial charge in [0, 0.05) is 24.4 Å². The van der Waals surface area contributed by atoms with Gasteiger partial charge in [0.15, 0.2) is 5.82 Å². The second-order valence-electron chi connectivity index (χ2n) is 7.05. The van der Waals surface area contributed by atoms with E-state index in [0.29, 0.717) is 18.5 Å². The number of likely N-dealkylation sites (tertiary alicyclic amines) is 1. The van der Waals surface area contributed by atoms with E-state index >= 15 is 0 Å². The predicted molar refractivity (Wildman–Crippen MR) is 100 cm³/mol. The van der Waals surface area contributed by atoms with Crippen LogP contribution in [0.5, 0.6) is 0 Å². The summed E-state index contributed by atoms with van der Waals surface area (Å²) in [4.78, 5) is 31.7. The van der Waals surface area contributed by atoms with Crippen LogP contribution in [0, 0.1) is 13.8 Å². The molecule has 27 heavy (non-hydrogen) atoms. The van der Waals surface area contributed by atoms with E-state index in [0.717, 1.165) is 35.6 Å². The molecule has 3 heterocycles. The third-order valence-corrected chi connectivity index (χ3v) is 5.09. The zero-order chi connectivity index (χ0) is 19.0. The minimum atomic E-state index is -0.234. The number of amides is 1. The van der Waals surface area contributed by atoms with Crippen LogP contribution in [0.25, 0.3) is 10.8 Å². The Morgan fingerprint density at radius 3 is 2.78 bits per heavy atom. The van der Waals surface area contributed by atoms with Crippen LogP contribution in [0.4, 0.5) is 0 Å². The minimum Gasteiger partial charge on any atom is -0.340 e. The van der Waals surface area contributed by atoms with Gasteiger partial charge in [0.1, 0.15) is 12.4 Å². The molecule has 1 saturated heterocycles. The summed E-state index contributed by atoms with van der Waals surface area (Å²) in [7, 11) is 0. The van der Waals surface area contributed by atoms with Crippen molar-refractivity contribution in [2.24, 2.45) is 0 Å². The van der Waals surface area contributed by atoms with E-state index in [2.05, 4.69) is 20.3 Å². The van der Waals surface area contributed by atoms with E-state index in [-0.39, 0.29) is 23.9 Å². The van der Waals surface area contributed by atoms with Gasteiger partial charge in [-0.2, -0.15) is 10.2 Å². The lowest BCUT2D eigenvalue weighted by molar-refractivity contribution is -0.133. The summed E-state index contributed by atoms with van der Waals surface area (Å²) in [5, 5.41) is 12.9. The number of benzene rings is 1. The maximum atomic E-state index is 12.8. The molecule has 1 fully saturated rings. The molecular formula is C19H22N6O2. The summed E-state index contributed by atoms with van der Waals surface area (Å²) in [6.45, 7) is 4.91. The Labute approximate surface area is 156 Å². The summed E-state index contributed by atoms with van der Waals surface area (Å²) < 4.78 is 1.28. The lowest BCUT2D eigenvalue weighted by Gasteiger charge is -2.31. The standard InChI is InChI=1S/C19H22N6O2/c1-12-15-7-3-4-8-16(15)19(27)25(23-12)11-17(26)24-9-5-6-14(10-24)18-20-13(2)21-22-18/h3-4,7-8,14H,5-6,9-11H2,1-2H3,(H,20,21,22)/t14-/m0/s1. The van der Waals surface area contributed by atoms with E-state index < -0.39 is 0 Å². The normalized spacial score (nSPS) is 17.4. The molecule has 0 unspecified atom stereocenters. The molecule has 1 atom stereocenters. The molecule has 0 spiro atoms. The molecule has 8 nitrogen and oxygen atoms in total. The molecule has 140 valence electrons. The molecule has 0 aliphatic carbocycles. The van der Waals surface area contributed by atoms with Gasteiger partial charge in [0.25, 0.3) is 5.56 Å². The topological polar surface area (TPSA) is 96.8 Å². The fourth-order valence-corrected chi connectivity index (χ4v) is 3.70. The van der Waals surface area contributed by atoms with Crippen molar-refractivity contribution in [1.29, 1.82) is 0 Å². The Kier molecular flexibility index (Phi) is 4.47. The number of H-pyrrole nitrogens is 1. The number of fused-ring (bicyclic) bond motifs is 1. The minimum absolute atomic E-state index is 0.0513. The molecule has 1 aliphatic heterocycles. The number of nitrogens with one attached hydrogen (secondary N) is 1. The lowest BCUT2D eigenvalue weighted by Crippen LogP contribution is -2.42. The number of nitrogens with zero attached hydrogens (tertiary/aromatic N) is 5. The van der Waals surface area contributed by atoms with Gasteiger partial charge >= 0.3 is 0 Å². The number of aromatic amines is 1.